The van der Waals surface area contributed by atoms with Crippen LogP contribution in [0.25, 0.3) is 0 Å². The molecule has 0 aromatic carbocycles. The zero-order valence-corrected chi connectivity index (χ0v) is 9.02. The third-order valence-corrected chi connectivity index (χ3v) is 3.68. The van der Waals surface area contributed by atoms with Crippen LogP contribution in [0.3, 0.4) is 0 Å². The van der Waals surface area contributed by atoms with Gasteiger partial charge in [0.25, 0.3) is 0 Å². The van der Waals surface area contributed by atoms with Gasteiger partial charge in [0, 0.05) is 5.54 Å². The average Bonchev–Trinajstić information content (AvgIpc) is 2.02. The van der Waals surface area contributed by atoms with Crippen molar-refractivity contribution in [3.05, 3.63) is 0 Å². The van der Waals surface area contributed by atoms with E-state index in [1.807, 2.05) is 6.92 Å². The molecule has 0 aromatic heterocycles. The lowest BCUT2D eigenvalue weighted by molar-refractivity contribution is 0.308. The first-order chi connectivity index (χ1) is 6.47. The van der Waals surface area contributed by atoms with Gasteiger partial charge in [0.1, 0.15) is 0 Å². The van der Waals surface area contributed by atoms with Crippen LogP contribution in [0.15, 0.2) is 0 Å². The van der Waals surface area contributed by atoms with Gasteiger partial charge in [-0.3, -0.25) is 0 Å². The molecule has 0 saturated carbocycles. The highest BCUT2D eigenvalue weighted by Gasteiger charge is 2.30. The molecule has 1 aliphatic rings. The van der Waals surface area contributed by atoms with Crippen LogP contribution in [0.2, 0.25) is 0 Å². The van der Waals surface area contributed by atoms with Crippen molar-refractivity contribution < 1.29 is 8.42 Å². The number of nitrogens with zero attached hydrogens (tertiary/aromatic N) is 1. The predicted octanol–water partition coefficient (Wildman–Crippen LogP) is -0.429. The summed E-state index contributed by atoms with van der Waals surface area (Å²) in [5.41, 5.74) is -0.388. The van der Waals surface area contributed by atoms with E-state index in [-0.39, 0.29) is 5.54 Å². The molecule has 1 heterocycles. The maximum Gasteiger partial charge on any atom is 0.225 e. The second-order valence-corrected chi connectivity index (χ2v) is 5.55. The molecular weight excluding hydrogens is 202 g/mol. The molecule has 0 unspecified atom stereocenters. The van der Waals surface area contributed by atoms with E-state index in [4.69, 9.17) is 5.26 Å². The van der Waals surface area contributed by atoms with Gasteiger partial charge in [-0.1, -0.05) is 0 Å². The van der Waals surface area contributed by atoms with E-state index in [9.17, 15) is 8.42 Å². The van der Waals surface area contributed by atoms with Crippen LogP contribution < -0.4 is 10.0 Å². The van der Waals surface area contributed by atoms with Crippen molar-refractivity contribution >= 4 is 10.0 Å². The zero-order chi connectivity index (χ0) is 10.7. The molecule has 0 bridgehead atoms. The molecule has 0 radical (unpaired) electrons. The molecule has 0 aliphatic carbocycles. The summed E-state index contributed by atoms with van der Waals surface area (Å²) in [5, 5.41) is 11.5. The lowest BCUT2D eigenvalue weighted by atomic mass is 9.92. The molecule has 0 atom stereocenters. The summed E-state index contributed by atoms with van der Waals surface area (Å²) in [6.45, 7) is 3.50. The summed E-state index contributed by atoms with van der Waals surface area (Å²) in [5.74, 6) is -0.462. The number of sulfonamides is 1. The molecule has 14 heavy (non-hydrogen) atoms. The zero-order valence-electron chi connectivity index (χ0n) is 8.21. The normalized spacial score (nSPS) is 21.4. The van der Waals surface area contributed by atoms with Crippen LogP contribution in [0.4, 0.5) is 0 Å². The fourth-order valence-corrected chi connectivity index (χ4v) is 2.77. The van der Waals surface area contributed by atoms with E-state index >= 15 is 0 Å². The van der Waals surface area contributed by atoms with E-state index in [2.05, 4.69) is 10.0 Å². The monoisotopic (exact) mass is 217 g/mol. The summed E-state index contributed by atoms with van der Waals surface area (Å²) in [6, 6.07) is 1.65. The average molecular weight is 217 g/mol. The Labute approximate surface area is 84.5 Å². The molecule has 0 spiro atoms. The van der Waals surface area contributed by atoms with Crippen LogP contribution in [0.5, 0.6) is 0 Å². The van der Waals surface area contributed by atoms with Crippen molar-refractivity contribution in [3.8, 4) is 6.07 Å². The van der Waals surface area contributed by atoms with E-state index in [1.165, 1.54) is 0 Å². The Morgan fingerprint density at radius 2 is 2.07 bits per heavy atom. The van der Waals surface area contributed by atoms with E-state index in [0.717, 1.165) is 25.9 Å². The van der Waals surface area contributed by atoms with Crippen LogP contribution in [-0.2, 0) is 10.0 Å². The highest BCUT2D eigenvalue weighted by molar-refractivity contribution is 7.89. The van der Waals surface area contributed by atoms with Crippen LogP contribution in [0, 0.1) is 11.3 Å². The van der Waals surface area contributed by atoms with Gasteiger partial charge in [0.05, 0.1) is 6.07 Å². The number of hydrogen-bond donors (Lipinski definition) is 2. The second kappa shape index (κ2) is 4.26. The number of hydrogen-bond acceptors (Lipinski definition) is 4. The van der Waals surface area contributed by atoms with E-state index in [0.29, 0.717) is 0 Å². The summed E-state index contributed by atoms with van der Waals surface area (Å²) < 4.78 is 25.3. The Bertz CT molecular complexity index is 325. The van der Waals surface area contributed by atoms with E-state index < -0.39 is 15.8 Å². The second-order valence-electron chi connectivity index (χ2n) is 3.83. The molecule has 2 N–H and O–H groups in total. The van der Waals surface area contributed by atoms with Crippen LogP contribution in [0.1, 0.15) is 19.8 Å². The summed E-state index contributed by atoms with van der Waals surface area (Å²) in [6.07, 6.45) is 1.52. The summed E-state index contributed by atoms with van der Waals surface area (Å²) in [4.78, 5) is 0. The van der Waals surface area contributed by atoms with Crippen molar-refractivity contribution in [3.63, 3.8) is 0 Å². The minimum atomic E-state index is -3.43. The largest absolute Gasteiger partial charge is 0.317 e. The van der Waals surface area contributed by atoms with Crippen molar-refractivity contribution in [2.45, 2.75) is 25.3 Å². The van der Waals surface area contributed by atoms with Gasteiger partial charge in [-0.2, -0.15) is 5.26 Å². The van der Waals surface area contributed by atoms with Gasteiger partial charge in [0.15, 0.2) is 5.75 Å². The van der Waals surface area contributed by atoms with Gasteiger partial charge in [-0.15, -0.1) is 0 Å². The topological polar surface area (TPSA) is 82.0 Å². The van der Waals surface area contributed by atoms with Crippen LogP contribution >= 0.6 is 0 Å². The molecule has 0 aromatic rings. The van der Waals surface area contributed by atoms with Gasteiger partial charge < -0.3 is 5.32 Å². The fourth-order valence-electron chi connectivity index (χ4n) is 1.58. The molecule has 1 saturated heterocycles. The smallest absolute Gasteiger partial charge is 0.225 e. The first kappa shape index (κ1) is 11.4. The lowest BCUT2D eigenvalue weighted by Gasteiger charge is -2.34. The third kappa shape index (κ3) is 3.25. The number of rotatable bonds is 3. The standard InChI is InChI=1S/C8H15N3O2S/c1-8(2-5-10-6-3-8)11-14(12,13)7-4-9/h10-11H,2-3,5-7H2,1H3. The SMILES string of the molecule is CC1(NS(=O)(=O)CC#N)CCNCC1. The predicted molar refractivity (Wildman–Crippen MR) is 53.0 cm³/mol. The third-order valence-electron chi connectivity index (χ3n) is 2.36. The molecule has 1 aliphatic heterocycles. The number of piperidine rings is 1. The lowest BCUT2D eigenvalue weighted by Crippen LogP contribution is -2.52. The Morgan fingerprint density at radius 1 is 1.50 bits per heavy atom. The molecule has 80 valence electrons. The van der Waals surface area contributed by atoms with Gasteiger partial charge >= 0.3 is 0 Å². The molecule has 0 amide bonds. The minimum absolute atomic E-state index is 0.388. The van der Waals surface area contributed by atoms with Crippen molar-refractivity contribution in [2.75, 3.05) is 18.8 Å². The maximum atomic E-state index is 11.3. The number of nitriles is 1. The number of nitrogens with one attached hydrogen (secondary N) is 2. The quantitative estimate of drug-likeness (QED) is 0.672. The molecule has 1 fully saturated rings. The molecule has 5 nitrogen and oxygen atoms in total. The summed E-state index contributed by atoms with van der Waals surface area (Å²) in [7, 11) is -3.43. The van der Waals surface area contributed by atoms with Gasteiger partial charge in [0.2, 0.25) is 10.0 Å². The summed E-state index contributed by atoms with van der Waals surface area (Å²) >= 11 is 0. The Kier molecular flexibility index (Phi) is 3.48. The Morgan fingerprint density at radius 3 is 2.57 bits per heavy atom. The maximum absolute atomic E-state index is 11.3. The first-order valence-corrected chi connectivity index (χ1v) is 6.22. The van der Waals surface area contributed by atoms with Gasteiger partial charge in [-0.25, -0.2) is 13.1 Å². The minimum Gasteiger partial charge on any atom is -0.317 e. The van der Waals surface area contributed by atoms with E-state index in [1.54, 1.807) is 6.07 Å². The van der Waals surface area contributed by atoms with Crippen molar-refractivity contribution in [1.82, 2.24) is 10.0 Å². The Hall–Kier alpha value is -0.640. The highest BCUT2D eigenvalue weighted by Crippen LogP contribution is 2.18. The molecule has 1 rings (SSSR count). The highest BCUT2D eigenvalue weighted by atomic mass is 32.2. The van der Waals surface area contributed by atoms with Crippen molar-refractivity contribution in [2.24, 2.45) is 0 Å². The van der Waals surface area contributed by atoms with Crippen LogP contribution in [-0.4, -0.2) is 32.8 Å². The molecular formula is C8H15N3O2S. The van der Waals surface area contributed by atoms with Gasteiger partial charge in [-0.05, 0) is 32.9 Å². The molecule has 6 heteroatoms. The fraction of sp³-hybridized carbons (Fsp3) is 0.875. The Balaban J connectivity index is 2.62. The first-order valence-electron chi connectivity index (χ1n) is 4.57. The van der Waals surface area contributed by atoms with Crippen molar-refractivity contribution in [1.29, 1.82) is 5.26 Å².